The summed E-state index contributed by atoms with van der Waals surface area (Å²) in [5.41, 5.74) is 1.48. The highest BCUT2D eigenvalue weighted by atomic mass is 32.1. The molecule has 3 rings (SSSR count). The lowest BCUT2D eigenvalue weighted by molar-refractivity contribution is -0.142. The molecule has 0 aliphatic carbocycles. The van der Waals surface area contributed by atoms with Crippen LogP contribution in [0.5, 0.6) is 5.88 Å². The second kappa shape index (κ2) is 7.84. The molecule has 0 saturated heterocycles. The summed E-state index contributed by atoms with van der Waals surface area (Å²) in [4.78, 5) is 25.4. The molecule has 0 aliphatic heterocycles. The van der Waals surface area contributed by atoms with Crippen LogP contribution < -0.4 is 4.74 Å². The number of ether oxygens (including phenoxy) is 2. The van der Waals surface area contributed by atoms with Gasteiger partial charge in [0.25, 0.3) is 0 Å². The Morgan fingerprint density at radius 2 is 2.16 bits per heavy atom. The molecule has 0 saturated carbocycles. The third-order valence-electron chi connectivity index (χ3n) is 3.20. The number of rotatable bonds is 7. The van der Waals surface area contributed by atoms with E-state index in [-0.39, 0.29) is 12.4 Å². The van der Waals surface area contributed by atoms with Crippen molar-refractivity contribution < 1.29 is 14.3 Å². The molecule has 0 radical (unpaired) electrons. The first-order chi connectivity index (χ1) is 12.2. The summed E-state index contributed by atoms with van der Waals surface area (Å²) in [6, 6.07) is 3.67. The molecule has 9 heteroatoms. The van der Waals surface area contributed by atoms with Gasteiger partial charge in [-0.05, 0) is 26.0 Å². The maximum Gasteiger partial charge on any atom is 0.311 e. The van der Waals surface area contributed by atoms with Crippen molar-refractivity contribution in [2.45, 2.75) is 20.3 Å². The predicted octanol–water partition coefficient (Wildman–Crippen LogP) is 2.49. The van der Waals surface area contributed by atoms with Crippen LogP contribution in [0.4, 0.5) is 0 Å². The van der Waals surface area contributed by atoms with E-state index in [0.717, 1.165) is 15.4 Å². The molecule has 3 aromatic heterocycles. The van der Waals surface area contributed by atoms with E-state index >= 15 is 0 Å². The molecule has 0 amide bonds. The molecule has 0 aliphatic rings. The van der Waals surface area contributed by atoms with E-state index in [2.05, 4.69) is 25.1 Å². The fourth-order valence-electron chi connectivity index (χ4n) is 2.20. The highest BCUT2D eigenvalue weighted by Crippen LogP contribution is 2.38. The number of H-pyrrole nitrogens is 1. The molecule has 25 heavy (non-hydrogen) atoms. The summed E-state index contributed by atoms with van der Waals surface area (Å²) < 4.78 is 10.6. The fraction of sp³-hybridized carbons (Fsp3) is 0.312. The van der Waals surface area contributed by atoms with Crippen LogP contribution in [-0.4, -0.2) is 44.3 Å². The lowest BCUT2D eigenvalue weighted by Gasteiger charge is -2.03. The smallest absolute Gasteiger partial charge is 0.311 e. The molecule has 0 atom stereocenters. The zero-order valence-corrected chi connectivity index (χ0v) is 14.7. The van der Waals surface area contributed by atoms with Gasteiger partial charge in [0.2, 0.25) is 5.88 Å². The van der Waals surface area contributed by atoms with E-state index in [1.54, 1.807) is 13.1 Å². The molecule has 0 bridgehead atoms. The summed E-state index contributed by atoms with van der Waals surface area (Å²) in [5, 5.41) is 7.45. The number of pyridine rings is 1. The number of nitrogens with zero attached hydrogens (tertiary/aromatic N) is 4. The SMILES string of the molecule is CCOC(=O)Cc1cc(-c2nc(OCC)c(-c3ncn[nH]3)s2)ccn1. The summed E-state index contributed by atoms with van der Waals surface area (Å²) in [7, 11) is 0. The lowest BCUT2D eigenvalue weighted by atomic mass is 10.2. The highest BCUT2D eigenvalue weighted by molar-refractivity contribution is 7.18. The van der Waals surface area contributed by atoms with Crippen LogP contribution in [0.2, 0.25) is 0 Å². The molecule has 3 heterocycles. The molecule has 3 aromatic rings. The van der Waals surface area contributed by atoms with Crippen molar-refractivity contribution in [1.29, 1.82) is 0 Å². The molecular weight excluding hydrogens is 342 g/mol. The number of nitrogens with one attached hydrogen (secondary N) is 1. The summed E-state index contributed by atoms with van der Waals surface area (Å²) in [6.45, 7) is 4.52. The Hall–Kier alpha value is -2.81. The van der Waals surface area contributed by atoms with Crippen molar-refractivity contribution in [2.75, 3.05) is 13.2 Å². The van der Waals surface area contributed by atoms with Crippen molar-refractivity contribution in [3.8, 4) is 27.2 Å². The maximum absolute atomic E-state index is 11.6. The van der Waals surface area contributed by atoms with Gasteiger partial charge in [0.1, 0.15) is 16.2 Å². The molecule has 0 unspecified atom stereocenters. The van der Waals surface area contributed by atoms with Crippen molar-refractivity contribution >= 4 is 17.3 Å². The Kier molecular flexibility index (Phi) is 5.34. The molecular formula is C16H17N5O3S. The first kappa shape index (κ1) is 17.0. The van der Waals surface area contributed by atoms with E-state index in [0.29, 0.717) is 30.6 Å². The van der Waals surface area contributed by atoms with Gasteiger partial charge in [-0.2, -0.15) is 5.10 Å². The lowest BCUT2D eigenvalue weighted by Crippen LogP contribution is -2.08. The van der Waals surface area contributed by atoms with Gasteiger partial charge in [-0.15, -0.1) is 11.3 Å². The van der Waals surface area contributed by atoms with E-state index in [1.807, 2.05) is 19.1 Å². The molecule has 0 aromatic carbocycles. The summed E-state index contributed by atoms with van der Waals surface area (Å²) >= 11 is 1.43. The monoisotopic (exact) mass is 359 g/mol. The zero-order valence-electron chi connectivity index (χ0n) is 13.9. The number of thiazole rings is 1. The molecule has 0 spiro atoms. The van der Waals surface area contributed by atoms with Crippen LogP contribution in [0, 0.1) is 0 Å². The number of aromatic amines is 1. The number of hydrogen-bond acceptors (Lipinski definition) is 8. The quantitative estimate of drug-likeness (QED) is 0.646. The normalized spacial score (nSPS) is 10.6. The van der Waals surface area contributed by atoms with Crippen LogP contribution in [0.25, 0.3) is 21.3 Å². The first-order valence-corrected chi connectivity index (χ1v) is 8.63. The van der Waals surface area contributed by atoms with E-state index in [4.69, 9.17) is 9.47 Å². The van der Waals surface area contributed by atoms with Crippen LogP contribution in [-0.2, 0) is 16.0 Å². The third kappa shape index (κ3) is 4.00. The van der Waals surface area contributed by atoms with Crippen LogP contribution >= 0.6 is 11.3 Å². The van der Waals surface area contributed by atoms with Crippen molar-refractivity contribution in [3.63, 3.8) is 0 Å². The fourth-order valence-corrected chi connectivity index (χ4v) is 3.15. The van der Waals surface area contributed by atoms with Crippen LogP contribution in [0.15, 0.2) is 24.7 Å². The van der Waals surface area contributed by atoms with Gasteiger partial charge in [-0.1, -0.05) is 0 Å². The Morgan fingerprint density at radius 1 is 1.28 bits per heavy atom. The van der Waals surface area contributed by atoms with Gasteiger partial charge in [-0.25, -0.2) is 9.97 Å². The number of hydrogen-bond donors (Lipinski definition) is 1. The third-order valence-corrected chi connectivity index (χ3v) is 4.29. The Morgan fingerprint density at radius 3 is 2.88 bits per heavy atom. The van der Waals surface area contributed by atoms with E-state index < -0.39 is 0 Å². The molecule has 0 fully saturated rings. The van der Waals surface area contributed by atoms with Gasteiger partial charge < -0.3 is 9.47 Å². The van der Waals surface area contributed by atoms with Gasteiger partial charge >= 0.3 is 5.97 Å². The largest absolute Gasteiger partial charge is 0.477 e. The van der Waals surface area contributed by atoms with Crippen LogP contribution in [0.1, 0.15) is 19.5 Å². The number of esters is 1. The number of carbonyl (C=O) groups excluding carboxylic acids is 1. The minimum Gasteiger partial charge on any atom is -0.477 e. The zero-order chi connectivity index (χ0) is 17.6. The molecule has 1 N–H and O–H groups in total. The second-order valence-electron chi connectivity index (χ2n) is 4.94. The van der Waals surface area contributed by atoms with Gasteiger partial charge in [0.15, 0.2) is 5.82 Å². The topological polar surface area (TPSA) is 103 Å². The van der Waals surface area contributed by atoms with E-state index in [1.165, 1.54) is 17.7 Å². The average Bonchev–Trinajstić information content (AvgIpc) is 3.25. The summed E-state index contributed by atoms with van der Waals surface area (Å²) in [5.74, 6) is 0.805. The Bertz CT molecular complexity index is 847. The number of aromatic nitrogens is 5. The van der Waals surface area contributed by atoms with Crippen molar-refractivity contribution in [3.05, 3.63) is 30.4 Å². The van der Waals surface area contributed by atoms with E-state index in [9.17, 15) is 4.79 Å². The first-order valence-electron chi connectivity index (χ1n) is 7.81. The molecule has 8 nitrogen and oxygen atoms in total. The van der Waals surface area contributed by atoms with Gasteiger partial charge in [0, 0.05) is 11.8 Å². The molecule has 130 valence electrons. The van der Waals surface area contributed by atoms with Crippen LogP contribution in [0.3, 0.4) is 0 Å². The minimum atomic E-state index is -0.302. The minimum absolute atomic E-state index is 0.125. The Labute approximate surface area is 148 Å². The standard InChI is InChI=1S/C16H17N5O3S/c1-3-23-12(22)8-11-7-10(5-6-17-11)16-20-15(24-4-2)13(25-16)14-18-9-19-21-14/h5-7,9H,3-4,8H2,1-2H3,(H,18,19,21). The Balaban J connectivity index is 1.91. The van der Waals surface area contributed by atoms with Crippen molar-refractivity contribution in [2.24, 2.45) is 0 Å². The number of carbonyl (C=O) groups is 1. The van der Waals surface area contributed by atoms with Gasteiger partial charge in [-0.3, -0.25) is 14.9 Å². The summed E-state index contributed by atoms with van der Waals surface area (Å²) in [6.07, 6.45) is 3.22. The van der Waals surface area contributed by atoms with Gasteiger partial charge in [0.05, 0.1) is 25.3 Å². The predicted molar refractivity (Wildman–Crippen MR) is 92.2 cm³/mol. The highest BCUT2D eigenvalue weighted by Gasteiger charge is 2.18. The van der Waals surface area contributed by atoms with Crippen molar-refractivity contribution in [1.82, 2.24) is 25.1 Å². The maximum atomic E-state index is 11.6. The average molecular weight is 359 g/mol. The second-order valence-corrected chi connectivity index (χ2v) is 5.94.